The lowest BCUT2D eigenvalue weighted by Crippen LogP contribution is -2.17. The number of anilines is 1. The van der Waals surface area contributed by atoms with Crippen LogP contribution < -0.4 is 10.1 Å². The number of benzene rings is 1. The van der Waals surface area contributed by atoms with E-state index in [2.05, 4.69) is 5.32 Å². The molecule has 0 unspecified atom stereocenters. The maximum Gasteiger partial charge on any atom is 0.311 e. The quantitative estimate of drug-likeness (QED) is 0.554. The van der Waals surface area contributed by atoms with Crippen molar-refractivity contribution in [3.63, 3.8) is 0 Å². The van der Waals surface area contributed by atoms with Gasteiger partial charge in [-0.1, -0.05) is 13.8 Å². The first-order valence-corrected chi connectivity index (χ1v) is 8.57. The van der Waals surface area contributed by atoms with Gasteiger partial charge in [0.25, 0.3) is 0 Å². The molecule has 0 amide bonds. The molecule has 0 aromatic heterocycles. The molecule has 0 saturated heterocycles. The maximum atomic E-state index is 11.4. The molecule has 7 nitrogen and oxygen atoms in total. The largest absolute Gasteiger partial charge is 0.487 e. The van der Waals surface area contributed by atoms with Gasteiger partial charge in [-0.3, -0.25) is 10.1 Å². The predicted molar refractivity (Wildman–Crippen MR) is 81.7 cm³/mol. The maximum absolute atomic E-state index is 11.4. The second-order valence-electron chi connectivity index (χ2n) is 4.45. The van der Waals surface area contributed by atoms with E-state index in [1.807, 2.05) is 6.92 Å². The fraction of sp³-hybridized carbons (Fsp3) is 0.538. The molecule has 0 heterocycles. The van der Waals surface area contributed by atoms with Crippen LogP contribution in [0.25, 0.3) is 0 Å². The minimum atomic E-state index is -3.04. The molecule has 0 saturated carbocycles. The summed E-state index contributed by atoms with van der Waals surface area (Å²) in [6.07, 6.45) is 0.740. The predicted octanol–water partition coefficient (Wildman–Crippen LogP) is 2.23. The fourth-order valence-corrected chi connectivity index (χ4v) is 2.30. The molecule has 1 aromatic carbocycles. The average molecular weight is 316 g/mol. The van der Waals surface area contributed by atoms with Gasteiger partial charge in [-0.2, -0.15) is 0 Å². The van der Waals surface area contributed by atoms with Gasteiger partial charge < -0.3 is 10.1 Å². The summed E-state index contributed by atoms with van der Waals surface area (Å²) in [5.41, 5.74) is 0.494. The lowest BCUT2D eigenvalue weighted by Gasteiger charge is -2.10. The van der Waals surface area contributed by atoms with Gasteiger partial charge in [0.2, 0.25) is 0 Å². The van der Waals surface area contributed by atoms with Crippen molar-refractivity contribution in [3.05, 3.63) is 28.3 Å². The van der Waals surface area contributed by atoms with Crippen LogP contribution >= 0.6 is 0 Å². The van der Waals surface area contributed by atoms with E-state index in [0.717, 1.165) is 6.42 Å². The third kappa shape index (κ3) is 5.58. The Labute approximate surface area is 124 Å². The van der Waals surface area contributed by atoms with E-state index in [0.29, 0.717) is 12.3 Å². The molecule has 8 heteroatoms. The van der Waals surface area contributed by atoms with Gasteiger partial charge in [0.15, 0.2) is 15.6 Å². The molecule has 0 bridgehead atoms. The Balaban J connectivity index is 2.77. The molecule has 1 aromatic rings. The first-order chi connectivity index (χ1) is 9.89. The summed E-state index contributed by atoms with van der Waals surface area (Å²) in [5.74, 6) is 0.302. The Hall–Kier alpha value is -1.83. The Morgan fingerprint density at radius 3 is 2.62 bits per heavy atom. The van der Waals surface area contributed by atoms with Crippen LogP contribution in [0.4, 0.5) is 11.4 Å². The number of hydrogen-bond donors (Lipinski definition) is 1. The van der Waals surface area contributed by atoms with Gasteiger partial charge in [0.05, 0.1) is 17.3 Å². The number of nitro groups is 1. The molecule has 118 valence electrons. The van der Waals surface area contributed by atoms with Crippen LogP contribution in [-0.2, 0) is 9.84 Å². The minimum absolute atomic E-state index is 0.0195. The van der Waals surface area contributed by atoms with Crippen molar-refractivity contribution in [1.82, 2.24) is 0 Å². The van der Waals surface area contributed by atoms with E-state index in [9.17, 15) is 18.5 Å². The average Bonchev–Trinajstić information content (AvgIpc) is 2.44. The summed E-state index contributed by atoms with van der Waals surface area (Å²) in [4.78, 5) is 10.4. The van der Waals surface area contributed by atoms with E-state index in [1.165, 1.54) is 18.2 Å². The highest BCUT2D eigenvalue weighted by atomic mass is 32.2. The van der Waals surface area contributed by atoms with E-state index in [4.69, 9.17) is 4.74 Å². The van der Waals surface area contributed by atoms with Crippen molar-refractivity contribution >= 4 is 21.2 Å². The molecular formula is C13H20N2O5S. The van der Waals surface area contributed by atoms with Gasteiger partial charge in [-0.05, 0) is 12.5 Å². The smallest absolute Gasteiger partial charge is 0.311 e. The lowest BCUT2D eigenvalue weighted by atomic mass is 10.2. The molecule has 0 aliphatic heterocycles. The van der Waals surface area contributed by atoms with E-state index >= 15 is 0 Å². The SMILES string of the molecule is CCCOc1cc(NCCS(=O)(=O)CC)ccc1[N+](=O)[O-]. The topological polar surface area (TPSA) is 98.5 Å². The standard InChI is InChI=1S/C13H20N2O5S/c1-3-8-20-13-10-11(5-6-12(13)15(16)17)14-7-9-21(18,19)4-2/h5-6,10,14H,3-4,7-9H2,1-2H3. The summed E-state index contributed by atoms with van der Waals surface area (Å²) in [5, 5.41) is 13.8. The highest BCUT2D eigenvalue weighted by Crippen LogP contribution is 2.30. The zero-order chi connectivity index (χ0) is 15.9. The van der Waals surface area contributed by atoms with Gasteiger partial charge in [-0.25, -0.2) is 8.42 Å². The van der Waals surface area contributed by atoms with Gasteiger partial charge in [0, 0.05) is 30.1 Å². The molecule has 21 heavy (non-hydrogen) atoms. The lowest BCUT2D eigenvalue weighted by molar-refractivity contribution is -0.385. The number of ether oxygens (including phenoxy) is 1. The molecule has 0 atom stereocenters. The molecule has 0 fully saturated rings. The molecule has 0 aliphatic rings. The number of nitro benzene ring substituents is 1. The highest BCUT2D eigenvalue weighted by Gasteiger charge is 2.15. The Kier molecular flexibility index (Phi) is 6.41. The molecule has 0 radical (unpaired) electrons. The first kappa shape index (κ1) is 17.2. The summed E-state index contributed by atoms with van der Waals surface area (Å²) < 4.78 is 28.1. The van der Waals surface area contributed by atoms with Crippen LogP contribution in [0.1, 0.15) is 20.3 Å². The second-order valence-corrected chi connectivity index (χ2v) is 6.92. The monoisotopic (exact) mass is 316 g/mol. The van der Waals surface area contributed by atoms with Gasteiger partial charge in [0.1, 0.15) is 0 Å². The van der Waals surface area contributed by atoms with Crippen LogP contribution in [0.5, 0.6) is 5.75 Å². The van der Waals surface area contributed by atoms with Gasteiger partial charge >= 0.3 is 5.69 Å². The molecular weight excluding hydrogens is 296 g/mol. The molecule has 1 N–H and O–H groups in total. The van der Waals surface area contributed by atoms with E-state index in [1.54, 1.807) is 6.92 Å². The van der Waals surface area contributed by atoms with E-state index < -0.39 is 14.8 Å². The van der Waals surface area contributed by atoms with Gasteiger partial charge in [-0.15, -0.1) is 0 Å². The third-order valence-electron chi connectivity index (χ3n) is 2.80. The summed E-state index contributed by atoms with van der Waals surface area (Å²) in [6, 6.07) is 4.41. The minimum Gasteiger partial charge on any atom is -0.487 e. The number of nitrogens with zero attached hydrogens (tertiary/aromatic N) is 1. The van der Waals surface area contributed by atoms with E-state index in [-0.39, 0.29) is 29.5 Å². The van der Waals surface area contributed by atoms with Crippen LogP contribution in [0.2, 0.25) is 0 Å². The van der Waals surface area contributed by atoms with Crippen molar-refractivity contribution in [2.75, 3.05) is 30.0 Å². The fourth-order valence-electron chi connectivity index (χ4n) is 1.60. The first-order valence-electron chi connectivity index (χ1n) is 6.75. The Bertz CT molecular complexity index is 586. The van der Waals surface area contributed by atoms with Crippen molar-refractivity contribution in [2.45, 2.75) is 20.3 Å². The summed E-state index contributed by atoms with van der Waals surface area (Å²) >= 11 is 0. The third-order valence-corrected chi connectivity index (χ3v) is 4.51. The van der Waals surface area contributed by atoms with Crippen LogP contribution in [0.3, 0.4) is 0 Å². The second kappa shape index (κ2) is 7.82. The summed E-state index contributed by atoms with van der Waals surface area (Å²) in [7, 11) is -3.04. The van der Waals surface area contributed by atoms with Crippen LogP contribution in [0, 0.1) is 10.1 Å². The number of hydrogen-bond acceptors (Lipinski definition) is 6. The summed E-state index contributed by atoms with van der Waals surface area (Å²) in [6.45, 7) is 4.14. The van der Waals surface area contributed by atoms with Crippen molar-refractivity contribution in [2.24, 2.45) is 0 Å². The van der Waals surface area contributed by atoms with Crippen LogP contribution in [0.15, 0.2) is 18.2 Å². The zero-order valence-corrected chi connectivity index (χ0v) is 13.0. The van der Waals surface area contributed by atoms with Crippen molar-refractivity contribution in [1.29, 1.82) is 0 Å². The molecule has 0 spiro atoms. The Morgan fingerprint density at radius 2 is 2.05 bits per heavy atom. The normalized spacial score (nSPS) is 11.1. The zero-order valence-electron chi connectivity index (χ0n) is 12.2. The molecule has 1 rings (SSSR count). The Morgan fingerprint density at radius 1 is 1.33 bits per heavy atom. The molecule has 0 aliphatic carbocycles. The number of rotatable bonds is 9. The van der Waals surface area contributed by atoms with Crippen molar-refractivity contribution < 1.29 is 18.1 Å². The van der Waals surface area contributed by atoms with Crippen molar-refractivity contribution in [3.8, 4) is 5.75 Å². The number of nitrogens with one attached hydrogen (secondary N) is 1. The number of sulfone groups is 1. The van der Waals surface area contributed by atoms with Crippen LogP contribution in [-0.4, -0.2) is 38.0 Å². The highest BCUT2D eigenvalue weighted by molar-refractivity contribution is 7.91.